The van der Waals surface area contributed by atoms with Crippen molar-refractivity contribution in [1.29, 1.82) is 0 Å². The molecule has 0 radical (unpaired) electrons. The molecule has 88 valence electrons. The Labute approximate surface area is 97.6 Å². The molecule has 5 heteroatoms. The zero-order valence-electron chi connectivity index (χ0n) is 9.43. The summed E-state index contributed by atoms with van der Waals surface area (Å²) in [7, 11) is 1.57. The van der Waals surface area contributed by atoms with Gasteiger partial charge < -0.3 is 14.4 Å². The predicted molar refractivity (Wildman–Crippen MR) is 60.2 cm³/mol. The minimum atomic E-state index is -1.13. The van der Waals surface area contributed by atoms with E-state index in [1.54, 1.807) is 13.2 Å². The fraction of sp³-hybridized carbons (Fsp3) is 0.167. The van der Waals surface area contributed by atoms with Crippen LogP contribution < -0.4 is 4.74 Å². The third-order valence-electron chi connectivity index (χ3n) is 2.44. The van der Waals surface area contributed by atoms with Gasteiger partial charge >= 0.3 is 5.97 Å². The summed E-state index contributed by atoms with van der Waals surface area (Å²) in [6.45, 7) is 1.91. The van der Waals surface area contributed by atoms with E-state index >= 15 is 0 Å². The lowest BCUT2D eigenvalue weighted by Gasteiger charge is -2.04. The van der Waals surface area contributed by atoms with Gasteiger partial charge in [-0.05, 0) is 24.6 Å². The Hall–Kier alpha value is -2.30. The molecule has 0 fully saturated rings. The summed E-state index contributed by atoms with van der Waals surface area (Å²) in [5.74, 6) is -0.628. The van der Waals surface area contributed by atoms with E-state index in [2.05, 4.69) is 5.16 Å². The number of rotatable bonds is 3. The first-order chi connectivity index (χ1) is 8.11. The molecule has 0 spiro atoms. The topological polar surface area (TPSA) is 72.6 Å². The Balaban J connectivity index is 2.47. The van der Waals surface area contributed by atoms with E-state index in [1.807, 2.05) is 19.1 Å². The predicted octanol–water partition coefficient (Wildman–Crippen LogP) is 2.36. The van der Waals surface area contributed by atoms with Gasteiger partial charge in [0.2, 0.25) is 5.76 Å². The van der Waals surface area contributed by atoms with E-state index in [9.17, 15) is 4.79 Å². The van der Waals surface area contributed by atoms with Crippen molar-refractivity contribution in [3.8, 4) is 17.0 Å². The fourth-order valence-corrected chi connectivity index (χ4v) is 1.51. The number of aromatic nitrogens is 1. The van der Waals surface area contributed by atoms with Crippen LogP contribution in [0.25, 0.3) is 11.3 Å². The van der Waals surface area contributed by atoms with Gasteiger partial charge in [-0.25, -0.2) is 4.79 Å². The lowest BCUT2D eigenvalue weighted by atomic mass is 10.1. The van der Waals surface area contributed by atoms with Crippen LogP contribution >= 0.6 is 0 Å². The number of aromatic carboxylic acids is 1. The highest BCUT2D eigenvalue weighted by atomic mass is 16.5. The number of hydrogen-bond acceptors (Lipinski definition) is 4. The Morgan fingerprint density at radius 2 is 2.18 bits per heavy atom. The Morgan fingerprint density at radius 3 is 2.76 bits per heavy atom. The zero-order chi connectivity index (χ0) is 12.4. The van der Waals surface area contributed by atoms with Crippen molar-refractivity contribution in [3.63, 3.8) is 0 Å². The largest absolute Gasteiger partial charge is 0.497 e. The van der Waals surface area contributed by atoms with Crippen LogP contribution in [-0.2, 0) is 0 Å². The van der Waals surface area contributed by atoms with E-state index in [0.29, 0.717) is 11.4 Å². The Morgan fingerprint density at radius 1 is 1.41 bits per heavy atom. The molecule has 0 saturated carbocycles. The van der Waals surface area contributed by atoms with Gasteiger partial charge in [-0.15, -0.1) is 0 Å². The number of carboxylic acids is 1. The SMILES string of the molecule is COc1ccc(C)c(-c2cc(C(=O)O)on2)c1. The highest BCUT2D eigenvalue weighted by molar-refractivity contribution is 5.85. The molecular formula is C12H11NO4. The monoisotopic (exact) mass is 233 g/mol. The van der Waals surface area contributed by atoms with Crippen LogP contribution in [0, 0.1) is 6.92 Å². The van der Waals surface area contributed by atoms with Crippen molar-refractivity contribution in [3.05, 3.63) is 35.6 Å². The van der Waals surface area contributed by atoms with Crippen LogP contribution in [0.2, 0.25) is 0 Å². The van der Waals surface area contributed by atoms with Gasteiger partial charge in [-0.2, -0.15) is 0 Å². The molecule has 0 saturated heterocycles. The number of benzene rings is 1. The molecule has 0 unspecified atom stereocenters. The molecule has 5 nitrogen and oxygen atoms in total. The van der Waals surface area contributed by atoms with E-state index in [4.69, 9.17) is 14.4 Å². The maximum absolute atomic E-state index is 10.7. The summed E-state index contributed by atoms with van der Waals surface area (Å²) < 4.78 is 9.83. The average molecular weight is 233 g/mol. The van der Waals surface area contributed by atoms with Crippen molar-refractivity contribution in [2.45, 2.75) is 6.92 Å². The maximum atomic E-state index is 10.7. The van der Waals surface area contributed by atoms with Gasteiger partial charge in [0.05, 0.1) is 7.11 Å². The summed E-state index contributed by atoms with van der Waals surface area (Å²) in [4.78, 5) is 10.7. The normalized spacial score (nSPS) is 10.2. The number of carbonyl (C=O) groups is 1. The first-order valence-corrected chi connectivity index (χ1v) is 4.97. The molecule has 0 amide bonds. The van der Waals surface area contributed by atoms with E-state index < -0.39 is 5.97 Å². The van der Waals surface area contributed by atoms with Gasteiger partial charge in [0.1, 0.15) is 11.4 Å². The third-order valence-corrected chi connectivity index (χ3v) is 2.44. The van der Waals surface area contributed by atoms with Crippen molar-refractivity contribution < 1.29 is 19.2 Å². The third kappa shape index (κ3) is 2.13. The second kappa shape index (κ2) is 4.29. The number of methoxy groups -OCH3 is 1. The summed E-state index contributed by atoms with van der Waals surface area (Å²) in [5, 5.41) is 12.5. The first-order valence-electron chi connectivity index (χ1n) is 4.97. The van der Waals surface area contributed by atoms with Gasteiger partial charge in [-0.3, -0.25) is 0 Å². The second-order valence-electron chi connectivity index (χ2n) is 3.56. The molecule has 1 N–H and O–H groups in total. The smallest absolute Gasteiger partial charge is 0.374 e. The zero-order valence-corrected chi connectivity index (χ0v) is 9.43. The second-order valence-corrected chi connectivity index (χ2v) is 3.56. The van der Waals surface area contributed by atoms with Gasteiger partial charge in [0.15, 0.2) is 0 Å². The minimum Gasteiger partial charge on any atom is -0.497 e. The lowest BCUT2D eigenvalue weighted by molar-refractivity contribution is 0.0652. The molecule has 1 aromatic heterocycles. The summed E-state index contributed by atoms with van der Waals surface area (Å²) >= 11 is 0. The van der Waals surface area contributed by atoms with Crippen LogP contribution in [0.1, 0.15) is 16.1 Å². The standard InChI is InChI=1S/C12H11NO4/c1-7-3-4-8(16-2)5-9(7)10-6-11(12(14)15)17-13-10/h3-6H,1-2H3,(H,14,15). The molecule has 2 rings (SSSR count). The number of carboxylic acid groups (broad SMARTS) is 1. The Bertz CT molecular complexity index is 559. The van der Waals surface area contributed by atoms with Crippen molar-refractivity contribution >= 4 is 5.97 Å². The van der Waals surface area contributed by atoms with Crippen LogP contribution in [0.15, 0.2) is 28.8 Å². The first kappa shape index (κ1) is 11.2. The minimum absolute atomic E-state index is 0.179. The number of hydrogen-bond donors (Lipinski definition) is 1. The van der Waals surface area contributed by atoms with Crippen molar-refractivity contribution in [1.82, 2.24) is 5.16 Å². The summed E-state index contributed by atoms with van der Waals surface area (Å²) in [6.07, 6.45) is 0. The van der Waals surface area contributed by atoms with E-state index in [-0.39, 0.29) is 5.76 Å². The van der Waals surface area contributed by atoms with Gasteiger partial charge in [0, 0.05) is 11.6 Å². The highest BCUT2D eigenvalue weighted by Gasteiger charge is 2.14. The van der Waals surface area contributed by atoms with Crippen molar-refractivity contribution in [2.75, 3.05) is 7.11 Å². The van der Waals surface area contributed by atoms with Crippen LogP contribution in [0.3, 0.4) is 0 Å². The molecule has 0 aliphatic heterocycles. The quantitative estimate of drug-likeness (QED) is 0.880. The highest BCUT2D eigenvalue weighted by Crippen LogP contribution is 2.27. The van der Waals surface area contributed by atoms with Crippen LogP contribution in [0.5, 0.6) is 5.75 Å². The fourth-order valence-electron chi connectivity index (χ4n) is 1.51. The number of nitrogens with zero attached hydrogens (tertiary/aromatic N) is 1. The van der Waals surface area contributed by atoms with E-state index in [1.165, 1.54) is 6.07 Å². The van der Waals surface area contributed by atoms with Gasteiger partial charge in [0.25, 0.3) is 0 Å². The number of aryl methyl sites for hydroxylation is 1. The molecule has 0 atom stereocenters. The summed E-state index contributed by atoms with van der Waals surface area (Å²) in [6, 6.07) is 6.89. The number of ether oxygens (including phenoxy) is 1. The summed E-state index contributed by atoms with van der Waals surface area (Å²) in [5.41, 5.74) is 2.25. The molecule has 2 aromatic rings. The Kier molecular flexibility index (Phi) is 2.82. The van der Waals surface area contributed by atoms with Crippen LogP contribution in [-0.4, -0.2) is 23.3 Å². The average Bonchev–Trinajstić information content (AvgIpc) is 2.79. The molecule has 0 aliphatic carbocycles. The van der Waals surface area contributed by atoms with Crippen molar-refractivity contribution in [2.24, 2.45) is 0 Å². The lowest BCUT2D eigenvalue weighted by Crippen LogP contribution is -1.91. The molecule has 1 aromatic carbocycles. The molecule has 0 aliphatic rings. The molecular weight excluding hydrogens is 222 g/mol. The van der Waals surface area contributed by atoms with E-state index in [0.717, 1.165) is 11.1 Å². The maximum Gasteiger partial charge on any atom is 0.374 e. The van der Waals surface area contributed by atoms with Crippen LogP contribution in [0.4, 0.5) is 0 Å². The molecule has 1 heterocycles. The van der Waals surface area contributed by atoms with Gasteiger partial charge in [-0.1, -0.05) is 11.2 Å². The molecule has 0 bridgehead atoms. The molecule has 17 heavy (non-hydrogen) atoms.